The number of methoxy groups -OCH3 is 3. The Labute approximate surface area is 198 Å². The highest BCUT2D eigenvalue weighted by Crippen LogP contribution is 2.38. The highest BCUT2D eigenvalue weighted by atomic mass is 35.5. The van der Waals surface area contributed by atoms with E-state index in [1.165, 1.54) is 46.5 Å². The predicted molar refractivity (Wildman–Crippen MR) is 126 cm³/mol. The van der Waals surface area contributed by atoms with Crippen LogP contribution in [-0.2, 0) is 6.54 Å². The van der Waals surface area contributed by atoms with Gasteiger partial charge >= 0.3 is 5.69 Å². The molecule has 33 heavy (non-hydrogen) atoms. The number of ether oxygens (including phenoxy) is 3. The molecule has 0 bridgehead atoms. The summed E-state index contributed by atoms with van der Waals surface area (Å²) in [5, 5.41) is 11.3. The molecule has 0 amide bonds. The molecule has 0 aliphatic heterocycles. The molecule has 0 radical (unpaired) electrons. The van der Waals surface area contributed by atoms with Crippen molar-refractivity contribution in [2.75, 3.05) is 21.3 Å². The van der Waals surface area contributed by atoms with Crippen LogP contribution in [0.4, 0.5) is 0 Å². The second kappa shape index (κ2) is 10.0. The van der Waals surface area contributed by atoms with E-state index in [4.69, 9.17) is 37.4 Å². The molecule has 9 nitrogen and oxygen atoms in total. The quantitative estimate of drug-likeness (QED) is 0.486. The summed E-state index contributed by atoms with van der Waals surface area (Å²) in [5.74, 6) is 0.720. The van der Waals surface area contributed by atoms with Gasteiger partial charge in [0.25, 0.3) is 5.56 Å². The lowest BCUT2D eigenvalue weighted by atomic mass is 10.1. The maximum atomic E-state index is 12.5. The van der Waals surface area contributed by atoms with Gasteiger partial charge in [-0.3, -0.25) is 14.8 Å². The van der Waals surface area contributed by atoms with Gasteiger partial charge in [0.15, 0.2) is 11.5 Å². The van der Waals surface area contributed by atoms with Gasteiger partial charge in [-0.2, -0.15) is 0 Å². The Balaban J connectivity index is 2.08. The second-order valence-electron chi connectivity index (χ2n) is 6.82. The van der Waals surface area contributed by atoms with Gasteiger partial charge < -0.3 is 19.3 Å². The Morgan fingerprint density at radius 2 is 1.70 bits per heavy atom. The monoisotopic (exact) mass is 493 g/mol. The molecule has 0 unspecified atom stereocenters. The third kappa shape index (κ3) is 4.84. The SMILES string of the molecule is COc1cc(CN=C(C)c2c(O)n(-c3cc(Cl)ccc3Cl)c(=O)[nH]c2=O)cc(OC)c1OC. The molecule has 174 valence electrons. The minimum Gasteiger partial charge on any atom is -0.493 e. The number of aromatic hydroxyl groups is 1. The van der Waals surface area contributed by atoms with Crippen LogP contribution in [0.1, 0.15) is 18.1 Å². The third-order valence-electron chi connectivity index (χ3n) is 4.82. The van der Waals surface area contributed by atoms with Crippen LogP contribution in [0.15, 0.2) is 44.9 Å². The maximum Gasteiger partial charge on any atom is 0.335 e. The number of nitrogens with zero attached hydrogens (tertiary/aromatic N) is 2. The molecular formula is C22H21Cl2N3O6. The van der Waals surface area contributed by atoms with Gasteiger partial charge in [-0.1, -0.05) is 23.2 Å². The van der Waals surface area contributed by atoms with Crippen molar-refractivity contribution >= 4 is 28.9 Å². The molecule has 1 heterocycles. The van der Waals surface area contributed by atoms with Crippen LogP contribution in [0, 0.1) is 0 Å². The second-order valence-corrected chi connectivity index (χ2v) is 7.67. The Morgan fingerprint density at radius 1 is 1.06 bits per heavy atom. The largest absolute Gasteiger partial charge is 0.493 e. The maximum absolute atomic E-state index is 12.5. The van der Waals surface area contributed by atoms with Crippen molar-refractivity contribution in [2.24, 2.45) is 4.99 Å². The molecule has 2 N–H and O–H groups in total. The van der Waals surface area contributed by atoms with Crippen molar-refractivity contribution in [3.8, 4) is 28.8 Å². The van der Waals surface area contributed by atoms with Crippen LogP contribution in [0.2, 0.25) is 10.0 Å². The number of aliphatic imine (C=N–C) groups is 1. The molecule has 0 saturated carbocycles. The number of H-pyrrole nitrogens is 1. The van der Waals surface area contributed by atoms with Crippen molar-refractivity contribution in [3.05, 3.63) is 72.3 Å². The van der Waals surface area contributed by atoms with E-state index in [9.17, 15) is 14.7 Å². The smallest absolute Gasteiger partial charge is 0.335 e. The van der Waals surface area contributed by atoms with Crippen molar-refractivity contribution < 1.29 is 19.3 Å². The van der Waals surface area contributed by atoms with E-state index in [2.05, 4.69) is 9.98 Å². The molecule has 2 aromatic carbocycles. The summed E-state index contributed by atoms with van der Waals surface area (Å²) in [4.78, 5) is 31.5. The van der Waals surface area contributed by atoms with Crippen molar-refractivity contribution in [3.63, 3.8) is 0 Å². The van der Waals surface area contributed by atoms with E-state index in [1.807, 2.05) is 0 Å². The van der Waals surface area contributed by atoms with E-state index >= 15 is 0 Å². The summed E-state index contributed by atoms with van der Waals surface area (Å²) < 4.78 is 16.8. The summed E-state index contributed by atoms with van der Waals surface area (Å²) in [6, 6.07) is 7.84. The number of benzene rings is 2. The fourth-order valence-electron chi connectivity index (χ4n) is 3.25. The fraction of sp³-hybridized carbons (Fsp3) is 0.227. The summed E-state index contributed by atoms with van der Waals surface area (Å²) >= 11 is 12.2. The first-order valence-electron chi connectivity index (χ1n) is 9.55. The fourth-order valence-corrected chi connectivity index (χ4v) is 3.62. The molecule has 3 rings (SSSR count). The average molecular weight is 494 g/mol. The minimum atomic E-state index is -0.872. The molecule has 0 atom stereocenters. The molecule has 1 aromatic heterocycles. The normalized spacial score (nSPS) is 11.4. The van der Waals surface area contributed by atoms with Crippen molar-refractivity contribution in [1.29, 1.82) is 0 Å². The van der Waals surface area contributed by atoms with E-state index < -0.39 is 17.1 Å². The molecule has 0 fully saturated rings. The summed E-state index contributed by atoms with van der Waals surface area (Å²) in [6.45, 7) is 1.66. The van der Waals surface area contributed by atoms with Crippen LogP contribution < -0.4 is 25.5 Å². The average Bonchev–Trinajstić information content (AvgIpc) is 2.78. The van der Waals surface area contributed by atoms with Gasteiger partial charge in [0.2, 0.25) is 11.6 Å². The minimum absolute atomic E-state index is 0.113. The summed E-state index contributed by atoms with van der Waals surface area (Å²) in [6.07, 6.45) is 0. The standard InChI is InChI=1S/C22H21Cl2N3O6/c1-11(25-10-12-7-16(31-2)19(33-4)17(8-12)32-3)18-20(28)26-22(30)27(21(18)29)15-9-13(23)5-6-14(15)24/h5-9,29H,10H2,1-4H3,(H,26,28,30). The lowest BCUT2D eigenvalue weighted by Crippen LogP contribution is -2.33. The molecule has 0 aliphatic carbocycles. The number of nitrogens with one attached hydrogen (secondary N) is 1. The van der Waals surface area contributed by atoms with Crippen LogP contribution in [0.5, 0.6) is 23.1 Å². The Hall–Kier alpha value is -3.43. The first-order chi connectivity index (χ1) is 15.7. The van der Waals surface area contributed by atoms with Crippen LogP contribution in [-0.4, -0.2) is 41.7 Å². The topological polar surface area (TPSA) is 115 Å². The summed E-state index contributed by atoms with van der Waals surface area (Å²) in [7, 11) is 4.49. The zero-order valence-electron chi connectivity index (χ0n) is 18.2. The summed E-state index contributed by atoms with van der Waals surface area (Å²) in [5.41, 5.74) is -0.846. The zero-order valence-corrected chi connectivity index (χ0v) is 19.7. The van der Waals surface area contributed by atoms with Gasteiger partial charge in [0.05, 0.1) is 44.3 Å². The Bertz CT molecular complexity index is 1320. The molecule has 3 aromatic rings. The van der Waals surface area contributed by atoms with E-state index in [1.54, 1.807) is 12.1 Å². The lowest BCUT2D eigenvalue weighted by molar-refractivity contribution is 0.324. The highest BCUT2D eigenvalue weighted by Gasteiger charge is 2.20. The zero-order chi connectivity index (χ0) is 24.3. The number of aromatic amines is 1. The first kappa shape index (κ1) is 24.2. The molecule has 0 spiro atoms. The van der Waals surface area contributed by atoms with Crippen LogP contribution >= 0.6 is 23.2 Å². The Kier molecular flexibility index (Phi) is 7.35. The van der Waals surface area contributed by atoms with Gasteiger partial charge in [0, 0.05) is 5.02 Å². The molecule has 0 saturated heterocycles. The molecule has 11 heteroatoms. The van der Waals surface area contributed by atoms with Crippen LogP contribution in [0.3, 0.4) is 0 Å². The third-order valence-corrected chi connectivity index (χ3v) is 5.37. The number of hydrogen-bond acceptors (Lipinski definition) is 7. The number of aromatic nitrogens is 2. The van der Waals surface area contributed by atoms with Gasteiger partial charge in [-0.25, -0.2) is 9.36 Å². The molecular weight excluding hydrogens is 473 g/mol. The molecule has 0 aliphatic rings. The highest BCUT2D eigenvalue weighted by molar-refractivity contribution is 6.34. The van der Waals surface area contributed by atoms with E-state index in [0.717, 1.165) is 4.57 Å². The van der Waals surface area contributed by atoms with Gasteiger partial charge in [-0.05, 0) is 42.8 Å². The van der Waals surface area contributed by atoms with Gasteiger partial charge in [0.1, 0.15) is 5.56 Å². The lowest BCUT2D eigenvalue weighted by Gasteiger charge is -2.14. The van der Waals surface area contributed by atoms with E-state index in [0.29, 0.717) is 27.8 Å². The first-order valence-corrected chi connectivity index (χ1v) is 10.3. The number of halogens is 2. The van der Waals surface area contributed by atoms with Crippen molar-refractivity contribution in [2.45, 2.75) is 13.5 Å². The predicted octanol–water partition coefficient (Wildman–Crippen LogP) is 3.57. The van der Waals surface area contributed by atoms with E-state index in [-0.39, 0.29) is 28.5 Å². The Morgan fingerprint density at radius 3 is 2.27 bits per heavy atom. The van der Waals surface area contributed by atoms with Gasteiger partial charge in [-0.15, -0.1) is 0 Å². The van der Waals surface area contributed by atoms with Crippen molar-refractivity contribution in [1.82, 2.24) is 9.55 Å². The number of hydrogen-bond donors (Lipinski definition) is 2. The number of rotatable bonds is 7. The van der Waals surface area contributed by atoms with Crippen LogP contribution in [0.25, 0.3) is 5.69 Å².